The Morgan fingerprint density at radius 3 is 2.57 bits per heavy atom. The highest BCUT2D eigenvalue weighted by molar-refractivity contribution is 5.77. The minimum absolute atomic E-state index is 0.191. The van der Waals surface area contributed by atoms with Crippen molar-refractivity contribution >= 4 is 11.6 Å². The smallest absolute Gasteiger partial charge is 0.236 e. The Bertz CT molecular complexity index is 491. The fourth-order valence-electron chi connectivity index (χ4n) is 2.68. The number of hydrogen-bond donors (Lipinski definition) is 1. The number of aryl methyl sites for hydroxylation is 2. The van der Waals surface area contributed by atoms with Crippen LogP contribution in [0.4, 0.5) is 5.69 Å². The number of benzene rings is 1. The van der Waals surface area contributed by atoms with Crippen LogP contribution in [0.2, 0.25) is 0 Å². The van der Waals surface area contributed by atoms with Gasteiger partial charge >= 0.3 is 0 Å². The fraction of sp³-hybridized carbons (Fsp3) is 0.588. The van der Waals surface area contributed by atoms with Crippen LogP contribution in [0.5, 0.6) is 0 Å². The summed E-state index contributed by atoms with van der Waals surface area (Å²) < 4.78 is 0. The molecule has 1 fully saturated rings. The maximum Gasteiger partial charge on any atom is 0.236 e. The van der Waals surface area contributed by atoms with Crippen LogP contribution in [-0.4, -0.2) is 55.5 Å². The third-order valence-electron chi connectivity index (χ3n) is 4.20. The zero-order valence-electron chi connectivity index (χ0n) is 13.6. The molecule has 4 heteroatoms. The van der Waals surface area contributed by atoms with Crippen molar-refractivity contribution in [1.82, 2.24) is 9.80 Å². The van der Waals surface area contributed by atoms with E-state index in [0.717, 1.165) is 25.9 Å². The largest absolute Gasteiger partial charge is 0.382 e. The van der Waals surface area contributed by atoms with Crippen molar-refractivity contribution < 1.29 is 4.79 Å². The molecule has 4 nitrogen and oxygen atoms in total. The first-order valence-electron chi connectivity index (χ1n) is 7.72. The maximum absolute atomic E-state index is 11.7. The highest BCUT2D eigenvalue weighted by atomic mass is 16.2. The molecule has 2 rings (SSSR count). The molecule has 0 aromatic heterocycles. The SMILES string of the molecule is Cc1ccc(C)c(NC2CCN(CC(=O)N(C)C)CC2)c1. The molecule has 1 aliphatic rings. The lowest BCUT2D eigenvalue weighted by Crippen LogP contribution is -2.44. The lowest BCUT2D eigenvalue weighted by Gasteiger charge is -2.33. The molecule has 0 bridgehead atoms. The van der Waals surface area contributed by atoms with Crippen LogP contribution < -0.4 is 5.32 Å². The molecule has 21 heavy (non-hydrogen) atoms. The minimum Gasteiger partial charge on any atom is -0.382 e. The Hall–Kier alpha value is -1.55. The molecule has 0 aliphatic carbocycles. The number of rotatable bonds is 4. The molecule has 1 aliphatic heterocycles. The van der Waals surface area contributed by atoms with E-state index < -0.39 is 0 Å². The summed E-state index contributed by atoms with van der Waals surface area (Å²) in [5, 5.41) is 3.66. The van der Waals surface area contributed by atoms with Gasteiger partial charge in [0.25, 0.3) is 0 Å². The number of carbonyl (C=O) groups excluding carboxylic acids is 1. The number of anilines is 1. The second kappa shape index (κ2) is 6.94. The average Bonchev–Trinajstić information content (AvgIpc) is 2.45. The van der Waals surface area contributed by atoms with Gasteiger partial charge in [0, 0.05) is 38.9 Å². The summed E-state index contributed by atoms with van der Waals surface area (Å²) >= 11 is 0. The highest BCUT2D eigenvalue weighted by Gasteiger charge is 2.21. The monoisotopic (exact) mass is 289 g/mol. The normalized spacial score (nSPS) is 16.8. The molecular weight excluding hydrogens is 262 g/mol. The Morgan fingerprint density at radius 1 is 1.29 bits per heavy atom. The molecule has 0 radical (unpaired) electrons. The lowest BCUT2D eigenvalue weighted by atomic mass is 10.0. The number of likely N-dealkylation sites (tertiary alicyclic amines) is 1. The fourth-order valence-corrected chi connectivity index (χ4v) is 2.68. The van der Waals surface area contributed by atoms with Crippen molar-refractivity contribution in [2.75, 3.05) is 39.0 Å². The summed E-state index contributed by atoms with van der Waals surface area (Å²) in [5.41, 5.74) is 3.83. The number of carbonyl (C=O) groups is 1. The minimum atomic E-state index is 0.191. The number of nitrogens with one attached hydrogen (secondary N) is 1. The summed E-state index contributed by atoms with van der Waals surface area (Å²) in [6.45, 7) is 6.79. The molecular formula is C17H27N3O. The number of piperidine rings is 1. The van der Waals surface area contributed by atoms with Crippen LogP contribution in [0.15, 0.2) is 18.2 Å². The Labute approximate surface area is 128 Å². The molecule has 1 aromatic carbocycles. The van der Waals surface area contributed by atoms with Gasteiger partial charge in [-0.2, -0.15) is 0 Å². The zero-order chi connectivity index (χ0) is 15.4. The van der Waals surface area contributed by atoms with Crippen LogP contribution in [0.3, 0.4) is 0 Å². The maximum atomic E-state index is 11.7. The van der Waals surface area contributed by atoms with Crippen molar-refractivity contribution in [3.63, 3.8) is 0 Å². The van der Waals surface area contributed by atoms with E-state index in [4.69, 9.17) is 0 Å². The Kier molecular flexibility index (Phi) is 5.23. The van der Waals surface area contributed by atoms with Crippen LogP contribution in [0, 0.1) is 13.8 Å². The lowest BCUT2D eigenvalue weighted by molar-refractivity contribution is -0.130. The average molecular weight is 289 g/mol. The summed E-state index contributed by atoms with van der Waals surface area (Å²) in [5.74, 6) is 0.191. The summed E-state index contributed by atoms with van der Waals surface area (Å²) in [4.78, 5) is 15.7. The van der Waals surface area contributed by atoms with Crippen LogP contribution in [-0.2, 0) is 4.79 Å². The predicted molar refractivity (Wildman–Crippen MR) is 87.7 cm³/mol. The van der Waals surface area contributed by atoms with Gasteiger partial charge in [-0.15, -0.1) is 0 Å². The first kappa shape index (κ1) is 15.8. The second-order valence-corrected chi connectivity index (χ2v) is 6.30. The van der Waals surface area contributed by atoms with Gasteiger partial charge in [-0.25, -0.2) is 0 Å². The third-order valence-corrected chi connectivity index (χ3v) is 4.20. The number of amides is 1. The van der Waals surface area contributed by atoms with Gasteiger partial charge in [-0.05, 0) is 43.9 Å². The van der Waals surface area contributed by atoms with Crippen molar-refractivity contribution in [1.29, 1.82) is 0 Å². The molecule has 1 aromatic rings. The Morgan fingerprint density at radius 2 is 1.95 bits per heavy atom. The molecule has 1 N–H and O–H groups in total. The van der Waals surface area contributed by atoms with E-state index in [0.29, 0.717) is 12.6 Å². The number of likely N-dealkylation sites (N-methyl/N-ethyl adjacent to an activating group) is 1. The molecule has 1 heterocycles. The van der Waals surface area contributed by atoms with Crippen molar-refractivity contribution in [3.05, 3.63) is 29.3 Å². The van der Waals surface area contributed by atoms with Gasteiger partial charge < -0.3 is 10.2 Å². The molecule has 116 valence electrons. The van der Waals surface area contributed by atoms with E-state index in [-0.39, 0.29) is 5.91 Å². The third kappa shape index (κ3) is 4.46. The first-order valence-corrected chi connectivity index (χ1v) is 7.72. The quantitative estimate of drug-likeness (QED) is 0.923. The summed E-state index contributed by atoms with van der Waals surface area (Å²) in [6.07, 6.45) is 2.18. The van der Waals surface area contributed by atoms with Crippen molar-refractivity contribution in [3.8, 4) is 0 Å². The topological polar surface area (TPSA) is 35.6 Å². The molecule has 0 saturated carbocycles. The van der Waals surface area contributed by atoms with Crippen LogP contribution in [0.1, 0.15) is 24.0 Å². The van der Waals surface area contributed by atoms with Gasteiger partial charge in [0.2, 0.25) is 5.91 Å². The zero-order valence-corrected chi connectivity index (χ0v) is 13.6. The van der Waals surface area contributed by atoms with Gasteiger partial charge in [0.15, 0.2) is 0 Å². The van der Waals surface area contributed by atoms with E-state index >= 15 is 0 Å². The van der Waals surface area contributed by atoms with Gasteiger partial charge in [-0.3, -0.25) is 9.69 Å². The molecule has 0 unspecified atom stereocenters. The van der Waals surface area contributed by atoms with Crippen molar-refractivity contribution in [2.45, 2.75) is 32.7 Å². The van der Waals surface area contributed by atoms with E-state index in [1.165, 1.54) is 16.8 Å². The highest BCUT2D eigenvalue weighted by Crippen LogP contribution is 2.21. The van der Waals surface area contributed by atoms with Crippen molar-refractivity contribution in [2.24, 2.45) is 0 Å². The van der Waals surface area contributed by atoms with E-state index in [1.807, 2.05) is 14.1 Å². The van der Waals surface area contributed by atoms with E-state index in [2.05, 4.69) is 42.3 Å². The molecule has 1 saturated heterocycles. The second-order valence-electron chi connectivity index (χ2n) is 6.30. The standard InChI is InChI=1S/C17H27N3O/c1-13-5-6-14(2)16(11-13)18-15-7-9-20(10-8-15)12-17(21)19(3)4/h5-6,11,15,18H,7-10,12H2,1-4H3. The summed E-state index contributed by atoms with van der Waals surface area (Å²) in [7, 11) is 3.63. The Balaban J connectivity index is 1.84. The number of hydrogen-bond acceptors (Lipinski definition) is 3. The van der Waals surface area contributed by atoms with Gasteiger partial charge in [-0.1, -0.05) is 12.1 Å². The van der Waals surface area contributed by atoms with E-state index in [9.17, 15) is 4.79 Å². The van der Waals surface area contributed by atoms with Crippen LogP contribution >= 0.6 is 0 Å². The van der Waals surface area contributed by atoms with Gasteiger partial charge in [0.05, 0.1) is 6.54 Å². The first-order chi connectivity index (χ1) is 9.95. The predicted octanol–water partition coefficient (Wildman–Crippen LogP) is 2.27. The molecule has 0 spiro atoms. The molecule has 1 amide bonds. The number of nitrogens with zero attached hydrogens (tertiary/aromatic N) is 2. The van der Waals surface area contributed by atoms with E-state index in [1.54, 1.807) is 4.90 Å². The van der Waals surface area contributed by atoms with Gasteiger partial charge in [0.1, 0.15) is 0 Å². The molecule has 0 atom stereocenters. The van der Waals surface area contributed by atoms with Crippen LogP contribution in [0.25, 0.3) is 0 Å². The summed E-state index contributed by atoms with van der Waals surface area (Å²) in [6, 6.07) is 7.05.